The van der Waals surface area contributed by atoms with Gasteiger partial charge in [-0.05, 0) is 31.2 Å². The highest BCUT2D eigenvalue weighted by Gasteiger charge is 2.24. The Morgan fingerprint density at radius 2 is 1.60 bits per heavy atom. The molecule has 104 valence electrons. The van der Waals surface area contributed by atoms with Gasteiger partial charge in [0.1, 0.15) is 10.3 Å². The summed E-state index contributed by atoms with van der Waals surface area (Å²) in [6.45, 7) is 2.03. The van der Waals surface area contributed by atoms with Gasteiger partial charge in [0, 0.05) is 11.1 Å². The van der Waals surface area contributed by atoms with Crippen molar-refractivity contribution in [3.8, 4) is 11.4 Å². The first-order valence-electron chi connectivity index (χ1n) is 6.95. The van der Waals surface area contributed by atoms with E-state index in [9.17, 15) is 0 Å². The second-order valence-corrected chi connectivity index (χ2v) is 6.05. The first-order chi connectivity index (χ1) is 9.66. The molecule has 1 fully saturated rings. The highest BCUT2D eigenvalue weighted by molar-refractivity contribution is 6.34. The average molecular weight is 307 g/mol. The van der Waals surface area contributed by atoms with Gasteiger partial charge < -0.3 is 0 Å². The molecule has 1 aliphatic carbocycles. The number of benzene rings is 1. The van der Waals surface area contributed by atoms with Crippen molar-refractivity contribution in [2.75, 3.05) is 0 Å². The summed E-state index contributed by atoms with van der Waals surface area (Å²) in [6.07, 6.45) is 4.73. The quantitative estimate of drug-likeness (QED) is 0.693. The number of hydrogen-bond donors (Lipinski definition) is 0. The van der Waals surface area contributed by atoms with Crippen LogP contribution < -0.4 is 0 Å². The van der Waals surface area contributed by atoms with Crippen LogP contribution in [0, 0.1) is 6.92 Å². The molecule has 0 saturated heterocycles. The Labute approximate surface area is 129 Å². The molecule has 4 heteroatoms. The molecular formula is C16H16Cl2N2. The monoisotopic (exact) mass is 306 g/mol. The lowest BCUT2D eigenvalue weighted by Gasteiger charge is -2.14. The van der Waals surface area contributed by atoms with Gasteiger partial charge in [0.25, 0.3) is 0 Å². The van der Waals surface area contributed by atoms with Crippen LogP contribution in [0.2, 0.25) is 10.3 Å². The van der Waals surface area contributed by atoms with Crippen LogP contribution in [0.1, 0.15) is 42.7 Å². The fourth-order valence-corrected chi connectivity index (χ4v) is 3.61. The smallest absolute Gasteiger partial charge is 0.162 e. The predicted octanol–water partition coefficient (Wildman–Crippen LogP) is 5.42. The van der Waals surface area contributed by atoms with Crippen LogP contribution in [0.5, 0.6) is 0 Å². The molecule has 0 unspecified atom stereocenters. The van der Waals surface area contributed by atoms with Gasteiger partial charge in [-0.1, -0.05) is 60.3 Å². The van der Waals surface area contributed by atoms with E-state index in [2.05, 4.69) is 9.97 Å². The maximum atomic E-state index is 6.38. The molecular weight excluding hydrogens is 291 g/mol. The van der Waals surface area contributed by atoms with Crippen molar-refractivity contribution in [2.24, 2.45) is 0 Å². The molecule has 3 rings (SSSR count). The van der Waals surface area contributed by atoms with E-state index in [4.69, 9.17) is 23.2 Å². The molecule has 0 spiro atoms. The SMILES string of the molecule is Cc1ccccc1-c1nc(Cl)c(C2CCCC2)c(Cl)n1. The summed E-state index contributed by atoms with van der Waals surface area (Å²) in [5.74, 6) is 1.03. The molecule has 2 nitrogen and oxygen atoms in total. The van der Waals surface area contributed by atoms with E-state index in [1.54, 1.807) is 0 Å². The van der Waals surface area contributed by atoms with Crippen LogP contribution in [-0.4, -0.2) is 9.97 Å². The van der Waals surface area contributed by atoms with Gasteiger partial charge in [-0.2, -0.15) is 0 Å². The van der Waals surface area contributed by atoms with E-state index >= 15 is 0 Å². The highest BCUT2D eigenvalue weighted by atomic mass is 35.5. The Morgan fingerprint density at radius 3 is 2.20 bits per heavy atom. The van der Waals surface area contributed by atoms with Crippen molar-refractivity contribution < 1.29 is 0 Å². The van der Waals surface area contributed by atoms with Gasteiger partial charge in [0.05, 0.1) is 0 Å². The van der Waals surface area contributed by atoms with Gasteiger partial charge in [-0.25, -0.2) is 9.97 Å². The van der Waals surface area contributed by atoms with Crippen molar-refractivity contribution in [1.82, 2.24) is 9.97 Å². The Morgan fingerprint density at radius 1 is 1.00 bits per heavy atom. The molecule has 1 saturated carbocycles. The van der Waals surface area contributed by atoms with E-state index in [1.165, 1.54) is 12.8 Å². The summed E-state index contributed by atoms with van der Waals surface area (Å²) in [5, 5.41) is 1.02. The lowest BCUT2D eigenvalue weighted by molar-refractivity contribution is 0.715. The van der Waals surface area contributed by atoms with Gasteiger partial charge >= 0.3 is 0 Å². The van der Waals surface area contributed by atoms with Crippen LogP contribution in [0.25, 0.3) is 11.4 Å². The number of nitrogens with zero attached hydrogens (tertiary/aromatic N) is 2. The second-order valence-electron chi connectivity index (χ2n) is 5.34. The first-order valence-corrected chi connectivity index (χ1v) is 7.71. The summed E-state index contributed by atoms with van der Waals surface area (Å²) in [7, 11) is 0. The standard InChI is InChI=1S/C16H16Cl2N2/c1-10-6-2-5-9-12(10)16-19-14(17)13(15(18)20-16)11-7-3-4-8-11/h2,5-6,9,11H,3-4,7-8H2,1H3. The average Bonchev–Trinajstić information content (AvgIpc) is 2.92. The zero-order valence-electron chi connectivity index (χ0n) is 11.4. The Kier molecular flexibility index (Phi) is 3.95. The third kappa shape index (κ3) is 2.55. The minimum atomic E-state index is 0.418. The van der Waals surface area contributed by atoms with E-state index < -0.39 is 0 Å². The van der Waals surface area contributed by atoms with Crippen molar-refractivity contribution in [3.05, 3.63) is 45.7 Å². The second kappa shape index (κ2) is 5.71. The number of hydrogen-bond acceptors (Lipinski definition) is 2. The van der Waals surface area contributed by atoms with Crippen molar-refractivity contribution in [1.29, 1.82) is 0 Å². The van der Waals surface area contributed by atoms with Gasteiger partial charge in [0.15, 0.2) is 5.82 Å². The van der Waals surface area contributed by atoms with Crippen LogP contribution in [0.3, 0.4) is 0 Å². The molecule has 1 aromatic carbocycles. The lowest BCUT2D eigenvalue weighted by Crippen LogP contribution is -2.02. The normalized spacial score (nSPS) is 15.8. The molecule has 1 aromatic heterocycles. The number of aromatic nitrogens is 2. The largest absolute Gasteiger partial charge is 0.216 e. The Hall–Kier alpha value is -1.12. The van der Waals surface area contributed by atoms with Gasteiger partial charge in [0.2, 0.25) is 0 Å². The molecule has 0 N–H and O–H groups in total. The fraction of sp³-hybridized carbons (Fsp3) is 0.375. The molecule has 0 amide bonds. The van der Waals surface area contributed by atoms with Crippen molar-refractivity contribution in [3.63, 3.8) is 0 Å². The maximum absolute atomic E-state index is 6.38. The van der Waals surface area contributed by atoms with Crippen LogP contribution >= 0.6 is 23.2 Å². The third-order valence-corrected chi connectivity index (χ3v) is 4.58. The molecule has 1 heterocycles. The molecule has 1 aliphatic rings. The minimum Gasteiger partial charge on any atom is -0.216 e. The molecule has 2 aromatic rings. The van der Waals surface area contributed by atoms with E-state index in [1.807, 2.05) is 31.2 Å². The molecule has 0 atom stereocenters. The maximum Gasteiger partial charge on any atom is 0.162 e. The summed E-state index contributed by atoms with van der Waals surface area (Å²) in [4.78, 5) is 8.96. The Bertz CT molecular complexity index is 611. The summed E-state index contributed by atoms with van der Waals surface area (Å²) < 4.78 is 0. The Balaban J connectivity index is 2.06. The third-order valence-electron chi connectivity index (χ3n) is 4.00. The van der Waals surface area contributed by atoms with E-state index in [-0.39, 0.29) is 0 Å². The zero-order valence-corrected chi connectivity index (χ0v) is 12.9. The number of rotatable bonds is 2. The predicted molar refractivity (Wildman–Crippen MR) is 83.4 cm³/mol. The van der Waals surface area contributed by atoms with Gasteiger partial charge in [-0.3, -0.25) is 0 Å². The highest BCUT2D eigenvalue weighted by Crippen LogP contribution is 2.40. The summed E-state index contributed by atoms with van der Waals surface area (Å²) in [6, 6.07) is 7.99. The number of halogens is 2. The van der Waals surface area contributed by atoms with Crippen molar-refractivity contribution in [2.45, 2.75) is 38.5 Å². The van der Waals surface area contributed by atoms with Crippen LogP contribution in [-0.2, 0) is 0 Å². The van der Waals surface area contributed by atoms with E-state index in [0.29, 0.717) is 22.0 Å². The molecule has 20 heavy (non-hydrogen) atoms. The summed E-state index contributed by atoms with van der Waals surface area (Å²) >= 11 is 12.8. The first kappa shape index (κ1) is 13.8. The van der Waals surface area contributed by atoms with Gasteiger partial charge in [-0.15, -0.1) is 0 Å². The topological polar surface area (TPSA) is 25.8 Å². The van der Waals surface area contributed by atoms with E-state index in [0.717, 1.165) is 29.5 Å². The molecule has 0 aliphatic heterocycles. The van der Waals surface area contributed by atoms with Crippen molar-refractivity contribution >= 4 is 23.2 Å². The van der Waals surface area contributed by atoms with Crippen LogP contribution in [0.4, 0.5) is 0 Å². The zero-order chi connectivity index (χ0) is 14.1. The number of aryl methyl sites for hydroxylation is 1. The summed E-state index contributed by atoms with van der Waals surface area (Å²) in [5.41, 5.74) is 3.03. The fourth-order valence-electron chi connectivity index (χ4n) is 2.91. The molecule has 0 bridgehead atoms. The van der Waals surface area contributed by atoms with Crippen LogP contribution in [0.15, 0.2) is 24.3 Å². The lowest BCUT2D eigenvalue weighted by atomic mass is 10.0. The minimum absolute atomic E-state index is 0.418. The molecule has 0 radical (unpaired) electrons.